The first-order valence-electron chi connectivity index (χ1n) is 7.62. The van der Waals surface area contributed by atoms with E-state index in [4.69, 9.17) is 9.05 Å². The van der Waals surface area contributed by atoms with E-state index in [1.165, 1.54) is 23.9 Å². The topological polar surface area (TPSA) is 94.1 Å². The number of aryl methyl sites for hydroxylation is 1. The lowest BCUT2D eigenvalue weighted by molar-refractivity contribution is -0.137. The number of anilines is 1. The van der Waals surface area contributed by atoms with Crippen molar-refractivity contribution in [2.75, 3.05) is 11.1 Å². The molecule has 1 amide bonds. The molecule has 0 spiro atoms. The van der Waals surface area contributed by atoms with Crippen molar-refractivity contribution in [3.8, 4) is 11.4 Å². The maximum atomic E-state index is 12.8. The quantitative estimate of drug-likeness (QED) is 0.672. The Labute approximate surface area is 155 Å². The molecule has 0 aliphatic heterocycles. The van der Waals surface area contributed by atoms with Crippen LogP contribution in [0.25, 0.3) is 11.4 Å². The molecule has 2 aromatic heterocycles. The van der Waals surface area contributed by atoms with Crippen molar-refractivity contribution >= 4 is 23.5 Å². The number of halogens is 3. The summed E-state index contributed by atoms with van der Waals surface area (Å²) in [6, 6.07) is 6.25. The summed E-state index contributed by atoms with van der Waals surface area (Å²) < 4.78 is 48.2. The van der Waals surface area contributed by atoms with E-state index >= 15 is 0 Å². The second kappa shape index (κ2) is 7.82. The van der Waals surface area contributed by atoms with Gasteiger partial charge in [-0.25, -0.2) is 0 Å². The molecule has 3 aromatic rings. The van der Waals surface area contributed by atoms with Gasteiger partial charge in [0, 0.05) is 11.6 Å². The van der Waals surface area contributed by atoms with Gasteiger partial charge in [-0.2, -0.15) is 18.2 Å². The van der Waals surface area contributed by atoms with Gasteiger partial charge in [0.05, 0.1) is 17.1 Å². The number of carbonyl (C=O) groups excluding carboxylic acids is 1. The Morgan fingerprint density at radius 2 is 2.04 bits per heavy atom. The van der Waals surface area contributed by atoms with Gasteiger partial charge in [0.2, 0.25) is 17.6 Å². The van der Waals surface area contributed by atoms with Crippen LogP contribution >= 0.6 is 11.8 Å². The second-order valence-electron chi connectivity index (χ2n) is 5.45. The predicted octanol–water partition coefficient (Wildman–Crippen LogP) is 3.92. The zero-order chi connectivity index (χ0) is 19.4. The number of amides is 1. The summed E-state index contributed by atoms with van der Waals surface area (Å²) in [5.74, 6) is 1.21. The third kappa shape index (κ3) is 5.09. The van der Waals surface area contributed by atoms with Gasteiger partial charge >= 0.3 is 6.18 Å². The van der Waals surface area contributed by atoms with Crippen LogP contribution in [0.15, 0.2) is 39.4 Å². The van der Waals surface area contributed by atoms with E-state index in [2.05, 4.69) is 20.6 Å². The minimum Gasteiger partial charge on any atom is -0.360 e. The van der Waals surface area contributed by atoms with E-state index in [0.29, 0.717) is 11.6 Å². The lowest BCUT2D eigenvalue weighted by Crippen LogP contribution is -2.14. The zero-order valence-electron chi connectivity index (χ0n) is 13.9. The summed E-state index contributed by atoms with van der Waals surface area (Å²) in [5, 5.41) is 9.90. The minimum absolute atomic E-state index is 0.0548. The highest BCUT2D eigenvalue weighted by molar-refractivity contribution is 7.99. The fourth-order valence-electron chi connectivity index (χ4n) is 2.10. The van der Waals surface area contributed by atoms with E-state index < -0.39 is 11.7 Å². The molecule has 0 bridgehead atoms. The molecule has 0 saturated heterocycles. The van der Waals surface area contributed by atoms with Crippen LogP contribution in [-0.2, 0) is 16.7 Å². The van der Waals surface area contributed by atoms with Crippen LogP contribution in [0.3, 0.4) is 0 Å². The molecule has 11 heteroatoms. The van der Waals surface area contributed by atoms with Gasteiger partial charge in [-0.1, -0.05) is 22.4 Å². The minimum atomic E-state index is -4.45. The lowest BCUT2D eigenvalue weighted by Gasteiger charge is -2.06. The van der Waals surface area contributed by atoms with Crippen LogP contribution in [0.5, 0.6) is 0 Å². The predicted molar refractivity (Wildman–Crippen MR) is 90.8 cm³/mol. The highest BCUT2D eigenvalue weighted by Gasteiger charge is 2.30. The number of aromatic nitrogens is 3. The van der Waals surface area contributed by atoms with Crippen LogP contribution in [0.2, 0.25) is 0 Å². The molecule has 2 heterocycles. The Hall–Kier alpha value is -2.82. The normalized spacial score (nSPS) is 11.6. The monoisotopic (exact) mass is 398 g/mol. The highest BCUT2D eigenvalue weighted by Crippen LogP contribution is 2.31. The summed E-state index contributed by atoms with van der Waals surface area (Å²) >= 11 is 1.21. The van der Waals surface area contributed by atoms with Gasteiger partial charge in [-0.3, -0.25) is 4.79 Å². The molecule has 0 radical (unpaired) electrons. The molecular formula is C16H13F3N4O3S. The van der Waals surface area contributed by atoms with Gasteiger partial charge in [0.1, 0.15) is 5.76 Å². The number of benzene rings is 1. The molecular weight excluding hydrogens is 385 g/mol. The van der Waals surface area contributed by atoms with Gasteiger partial charge in [0.25, 0.3) is 0 Å². The Balaban J connectivity index is 1.54. The van der Waals surface area contributed by atoms with Crippen LogP contribution in [0.1, 0.15) is 17.2 Å². The standard InChI is InChI=1S/C16H13F3N4O3S/c1-9-5-12(22-25-9)20-13(24)7-27-8-14-21-15(23-26-14)10-3-2-4-11(6-10)16(17,18)19/h2-6H,7-8H2,1H3,(H,20,22,24). The molecule has 0 fully saturated rings. The number of nitrogens with zero attached hydrogens (tertiary/aromatic N) is 3. The summed E-state index contributed by atoms with van der Waals surface area (Å²) in [4.78, 5) is 15.8. The Morgan fingerprint density at radius 1 is 1.22 bits per heavy atom. The van der Waals surface area contributed by atoms with Crippen molar-refractivity contribution in [1.29, 1.82) is 0 Å². The number of alkyl halides is 3. The maximum Gasteiger partial charge on any atom is 0.416 e. The number of rotatable bonds is 6. The average molecular weight is 398 g/mol. The second-order valence-corrected chi connectivity index (χ2v) is 6.44. The Morgan fingerprint density at radius 3 is 2.74 bits per heavy atom. The van der Waals surface area contributed by atoms with E-state index in [1.54, 1.807) is 13.0 Å². The number of thioether (sulfide) groups is 1. The number of carbonyl (C=O) groups is 1. The number of hydrogen-bond acceptors (Lipinski definition) is 7. The summed E-state index contributed by atoms with van der Waals surface area (Å²) in [7, 11) is 0. The molecule has 0 saturated carbocycles. The van der Waals surface area contributed by atoms with Crippen LogP contribution in [0.4, 0.5) is 19.0 Å². The average Bonchev–Trinajstić information content (AvgIpc) is 3.23. The first kappa shape index (κ1) is 19.0. The van der Waals surface area contributed by atoms with Crippen LogP contribution < -0.4 is 5.32 Å². The van der Waals surface area contributed by atoms with Gasteiger partial charge in [-0.15, -0.1) is 11.8 Å². The van der Waals surface area contributed by atoms with E-state index in [-0.39, 0.29) is 34.7 Å². The molecule has 0 atom stereocenters. The third-order valence-electron chi connectivity index (χ3n) is 3.27. The first-order valence-corrected chi connectivity index (χ1v) is 8.78. The third-order valence-corrected chi connectivity index (χ3v) is 4.19. The van der Waals surface area contributed by atoms with E-state index in [0.717, 1.165) is 12.1 Å². The largest absolute Gasteiger partial charge is 0.416 e. The van der Waals surface area contributed by atoms with Crippen molar-refractivity contribution in [1.82, 2.24) is 15.3 Å². The fourth-order valence-corrected chi connectivity index (χ4v) is 2.75. The van der Waals surface area contributed by atoms with Crippen LogP contribution in [-0.4, -0.2) is 27.0 Å². The lowest BCUT2D eigenvalue weighted by atomic mass is 10.1. The van der Waals surface area contributed by atoms with Gasteiger partial charge in [-0.05, 0) is 19.1 Å². The molecule has 0 aliphatic carbocycles. The molecule has 0 unspecified atom stereocenters. The van der Waals surface area contributed by atoms with Crippen molar-refractivity contribution < 1.29 is 27.0 Å². The summed E-state index contributed by atoms with van der Waals surface area (Å²) in [5.41, 5.74) is -0.593. The molecule has 142 valence electrons. The van der Waals surface area contributed by atoms with Gasteiger partial charge in [0.15, 0.2) is 5.82 Å². The summed E-state index contributed by atoms with van der Waals surface area (Å²) in [6.07, 6.45) is -4.45. The SMILES string of the molecule is Cc1cc(NC(=O)CSCc2nc(-c3cccc(C(F)(F)F)c3)no2)no1. The van der Waals surface area contributed by atoms with Crippen molar-refractivity contribution in [2.45, 2.75) is 18.9 Å². The smallest absolute Gasteiger partial charge is 0.360 e. The first-order chi connectivity index (χ1) is 12.8. The molecule has 27 heavy (non-hydrogen) atoms. The molecule has 1 N–H and O–H groups in total. The zero-order valence-corrected chi connectivity index (χ0v) is 14.7. The van der Waals surface area contributed by atoms with Crippen molar-refractivity contribution in [3.05, 3.63) is 47.5 Å². The maximum absolute atomic E-state index is 12.8. The molecule has 0 aliphatic rings. The van der Waals surface area contributed by atoms with E-state index in [1.807, 2.05) is 0 Å². The Bertz CT molecular complexity index is 939. The molecule has 7 nitrogen and oxygen atoms in total. The Kier molecular flexibility index (Phi) is 5.49. The van der Waals surface area contributed by atoms with Crippen molar-refractivity contribution in [3.63, 3.8) is 0 Å². The molecule has 3 rings (SSSR count). The van der Waals surface area contributed by atoms with Crippen molar-refractivity contribution in [2.24, 2.45) is 0 Å². The molecule has 1 aromatic carbocycles. The van der Waals surface area contributed by atoms with Crippen LogP contribution in [0, 0.1) is 6.92 Å². The van der Waals surface area contributed by atoms with E-state index in [9.17, 15) is 18.0 Å². The fraction of sp³-hybridized carbons (Fsp3) is 0.250. The number of hydrogen-bond donors (Lipinski definition) is 1. The summed E-state index contributed by atoms with van der Waals surface area (Å²) in [6.45, 7) is 1.70. The van der Waals surface area contributed by atoms with Gasteiger partial charge < -0.3 is 14.4 Å². The number of nitrogens with one attached hydrogen (secondary N) is 1. The highest BCUT2D eigenvalue weighted by atomic mass is 32.2.